The first kappa shape index (κ1) is 11.6. The zero-order valence-corrected chi connectivity index (χ0v) is 10.3. The standard InChI is InChI=1S/C12H17N5/c1-16(2)12-14-8-6-11(15-12)17(9-3-7-13)10-4-5-10/h6,8,10H,3-5,9H2,1-2H3. The first-order valence-corrected chi connectivity index (χ1v) is 5.86. The Morgan fingerprint density at radius 2 is 2.24 bits per heavy atom. The largest absolute Gasteiger partial charge is 0.352 e. The van der Waals surface area contributed by atoms with Gasteiger partial charge in [0, 0.05) is 32.9 Å². The van der Waals surface area contributed by atoms with E-state index in [1.54, 1.807) is 6.20 Å². The minimum absolute atomic E-state index is 0.539. The van der Waals surface area contributed by atoms with Gasteiger partial charge in [0.05, 0.1) is 12.5 Å². The summed E-state index contributed by atoms with van der Waals surface area (Å²) in [5.74, 6) is 1.64. The summed E-state index contributed by atoms with van der Waals surface area (Å²) in [7, 11) is 3.85. The molecule has 2 rings (SSSR count). The van der Waals surface area contributed by atoms with Gasteiger partial charge in [-0.25, -0.2) is 4.98 Å². The molecule has 0 atom stereocenters. The molecule has 0 radical (unpaired) electrons. The number of hydrogen-bond acceptors (Lipinski definition) is 5. The Morgan fingerprint density at radius 3 is 2.82 bits per heavy atom. The maximum Gasteiger partial charge on any atom is 0.226 e. The van der Waals surface area contributed by atoms with Crippen LogP contribution < -0.4 is 9.80 Å². The van der Waals surface area contributed by atoms with Crippen molar-refractivity contribution >= 4 is 11.8 Å². The fraction of sp³-hybridized carbons (Fsp3) is 0.583. The molecule has 1 aliphatic rings. The Kier molecular flexibility index (Phi) is 3.43. The van der Waals surface area contributed by atoms with Gasteiger partial charge in [0.25, 0.3) is 0 Å². The molecule has 1 aliphatic carbocycles. The smallest absolute Gasteiger partial charge is 0.226 e. The predicted octanol–water partition coefficient (Wildman–Crippen LogP) is 1.43. The average Bonchev–Trinajstić information content (AvgIpc) is 3.14. The van der Waals surface area contributed by atoms with Crippen molar-refractivity contribution in [3.05, 3.63) is 12.3 Å². The lowest BCUT2D eigenvalue weighted by atomic mass is 10.3. The zero-order valence-electron chi connectivity index (χ0n) is 10.3. The minimum atomic E-state index is 0.539. The Balaban J connectivity index is 2.17. The number of anilines is 2. The van der Waals surface area contributed by atoms with Gasteiger partial charge >= 0.3 is 0 Å². The van der Waals surface area contributed by atoms with E-state index in [-0.39, 0.29) is 0 Å². The lowest BCUT2D eigenvalue weighted by molar-refractivity contribution is 0.773. The molecule has 0 bridgehead atoms. The molecule has 0 aromatic carbocycles. The van der Waals surface area contributed by atoms with Crippen molar-refractivity contribution < 1.29 is 0 Å². The van der Waals surface area contributed by atoms with Crippen molar-refractivity contribution in [3.63, 3.8) is 0 Å². The molecule has 1 fully saturated rings. The fourth-order valence-corrected chi connectivity index (χ4v) is 1.76. The van der Waals surface area contributed by atoms with Gasteiger partial charge in [-0.1, -0.05) is 0 Å². The van der Waals surface area contributed by atoms with Crippen LogP contribution in [-0.2, 0) is 0 Å². The van der Waals surface area contributed by atoms with Crippen LogP contribution >= 0.6 is 0 Å². The molecular formula is C12H17N5. The molecule has 0 aliphatic heterocycles. The number of aromatic nitrogens is 2. The Bertz CT molecular complexity index is 419. The summed E-state index contributed by atoms with van der Waals surface area (Å²) < 4.78 is 0. The molecule has 0 saturated heterocycles. The van der Waals surface area contributed by atoms with E-state index in [0.29, 0.717) is 18.4 Å². The lowest BCUT2D eigenvalue weighted by Crippen LogP contribution is -2.28. The minimum Gasteiger partial charge on any atom is -0.352 e. The van der Waals surface area contributed by atoms with Crippen LogP contribution in [0.15, 0.2) is 12.3 Å². The summed E-state index contributed by atoms with van der Waals surface area (Å²) >= 11 is 0. The predicted molar refractivity (Wildman–Crippen MR) is 67.0 cm³/mol. The van der Waals surface area contributed by atoms with Gasteiger partial charge in [-0.05, 0) is 18.9 Å². The molecule has 0 spiro atoms. The van der Waals surface area contributed by atoms with Crippen LogP contribution in [0.4, 0.5) is 11.8 Å². The first-order valence-electron chi connectivity index (χ1n) is 5.86. The Hall–Kier alpha value is -1.83. The highest BCUT2D eigenvalue weighted by Crippen LogP contribution is 2.30. The topological polar surface area (TPSA) is 56.1 Å². The van der Waals surface area contributed by atoms with Crippen LogP contribution in [-0.4, -0.2) is 36.6 Å². The zero-order chi connectivity index (χ0) is 12.3. The van der Waals surface area contributed by atoms with Crippen LogP contribution in [0.3, 0.4) is 0 Å². The summed E-state index contributed by atoms with van der Waals surface area (Å²) in [6.07, 6.45) is 4.72. The van der Waals surface area contributed by atoms with Crippen molar-refractivity contribution in [2.75, 3.05) is 30.4 Å². The third-order valence-corrected chi connectivity index (χ3v) is 2.77. The molecule has 90 valence electrons. The number of nitriles is 1. The van der Waals surface area contributed by atoms with Crippen molar-refractivity contribution in [1.29, 1.82) is 5.26 Å². The molecule has 1 aromatic rings. The number of hydrogen-bond donors (Lipinski definition) is 0. The van der Waals surface area contributed by atoms with E-state index < -0.39 is 0 Å². The van der Waals surface area contributed by atoms with Gasteiger partial charge in [-0.2, -0.15) is 10.2 Å². The van der Waals surface area contributed by atoms with Crippen molar-refractivity contribution in [3.8, 4) is 6.07 Å². The summed E-state index contributed by atoms with van der Waals surface area (Å²) in [5, 5.41) is 8.69. The maximum absolute atomic E-state index is 8.69. The first-order chi connectivity index (χ1) is 8.22. The van der Waals surface area contributed by atoms with Crippen LogP contribution in [0.1, 0.15) is 19.3 Å². The van der Waals surface area contributed by atoms with Gasteiger partial charge in [0.15, 0.2) is 0 Å². The summed E-state index contributed by atoms with van der Waals surface area (Å²) in [4.78, 5) is 12.8. The van der Waals surface area contributed by atoms with Crippen molar-refractivity contribution in [1.82, 2.24) is 9.97 Å². The van der Waals surface area contributed by atoms with E-state index in [1.165, 1.54) is 12.8 Å². The quantitative estimate of drug-likeness (QED) is 0.767. The van der Waals surface area contributed by atoms with Gasteiger partial charge in [-0.3, -0.25) is 0 Å². The van der Waals surface area contributed by atoms with E-state index in [1.807, 2.05) is 25.1 Å². The average molecular weight is 231 g/mol. The molecular weight excluding hydrogens is 214 g/mol. The van der Waals surface area contributed by atoms with Crippen LogP contribution in [0, 0.1) is 11.3 Å². The molecule has 5 nitrogen and oxygen atoms in total. The highest BCUT2D eigenvalue weighted by atomic mass is 15.3. The van der Waals surface area contributed by atoms with E-state index >= 15 is 0 Å². The van der Waals surface area contributed by atoms with E-state index in [9.17, 15) is 0 Å². The molecule has 0 unspecified atom stereocenters. The van der Waals surface area contributed by atoms with Gasteiger partial charge in [-0.15, -0.1) is 0 Å². The van der Waals surface area contributed by atoms with Crippen LogP contribution in [0.5, 0.6) is 0 Å². The Morgan fingerprint density at radius 1 is 1.47 bits per heavy atom. The number of nitrogens with zero attached hydrogens (tertiary/aromatic N) is 5. The second kappa shape index (κ2) is 5.00. The second-order valence-electron chi connectivity index (χ2n) is 4.44. The molecule has 1 aromatic heterocycles. The normalized spacial score (nSPS) is 14.2. The highest BCUT2D eigenvalue weighted by molar-refractivity contribution is 5.45. The SMILES string of the molecule is CN(C)c1nccc(N(CCC#N)C2CC2)n1. The summed E-state index contributed by atoms with van der Waals surface area (Å²) in [6, 6.07) is 4.68. The fourth-order valence-electron chi connectivity index (χ4n) is 1.76. The summed E-state index contributed by atoms with van der Waals surface area (Å²) in [6.45, 7) is 0.755. The van der Waals surface area contributed by atoms with E-state index in [4.69, 9.17) is 5.26 Å². The molecule has 1 saturated carbocycles. The molecule has 0 N–H and O–H groups in total. The third-order valence-electron chi connectivity index (χ3n) is 2.77. The van der Waals surface area contributed by atoms with Crippen molar-refractivity contribution in [2.24, 2.45) is 0 Å². The lowest BCUT2D eigenvalue weighted by Gasteiger charge is -2.23. The van der Waals surface area contributed by atoms with Crippen LogP contribution in [0.2, 0.25) is 0 Å². The van der Waals surface area contributed by atoms with Crippen LogP contribution in [0.25, 0.3) is 0 Å². The van der Waals surface area contributed by atoms with E-state index in [2.05, 4.69) is 20.9 Å². The summed E-state index contributed by atoms with van der Waals surface area (Å²) in [5.41, 5.74) is 0. The monoisotopic (exact) mass is 231 g/mol. The number of rotatable bonds is 5. The van der Waals surface area contributed by atoms with Gasteiger partial charge in [0.1, 0.15) is 5.82 Å². The van der Waals surface area contributed by atoms with Gasteiger partial charge in [0.2, 0.25) is 5.95 Å². The van der Waals surface area contributed by atoms with Gasteiger partial charge < -0.3 is 9.80 Å². The third kappa shape index (κ3) is 2.84. The molecule has 1 heterocycles. The highest BCUT2D eigenvalue weighted by Gasteiger charge is 2.29. The second-order valence-corrected chi connectivity index (χ2v) is 4.44. The molecule has 0 amide bonds. The molecule has 5 heteroatoms. The Labute approximate surface area is 102 Å². The van der Waals surface area contributed by atoms with E-state index in [0.717, 1.165) is 12.4 Å². The maximum atomic E-state index is 8.69. The van der Waals surface area contributed by atoms with Crippen molar-refractivity contribution in [2.45, 2.75) is 25.3 Å². The molecule has 17 heavy (non-hydrogen) atoms.